The lowest BCUT2D eigenvalue weighted by Crippen LogP contribution is -2.44. The molecule has 1 aromatic carbocycles. The van der Waals surface area contributed by atoms with E-state index in [4.69, 9.17) is 10.3 Å². The Balaban J connectivity index is 0.00000196. The molecule has 1 aliphatic carbocycles. The highest BCUT2D eigenvalue weighted by Crippen LogP contribution is 2.36. The van der Waals surface area contributed by atoms with Crippen LogP contribution in [0.5, 0.6) is 0 Å². The third-order valence-corrected chi connectivity index (χ3v) is 4.59. The summed E-state index contributed by atoms with van der Waals surface area (Å²) in [5, 5.41) is 6.98. The molecular weight excluding hydrogens is 358 g/mol. The molecule has 0 aliphatic heterocycles. The van der Waals surface area contributed by atoms with Gasteiger partial charge in [0.2, 0.25) is 11.3 Å². The molecular formula is C17H18ClN5O3. The van der Waals surface area contributed by atoms with Gasteiger partial charge in [0, 0.05) is 17.1 Å². The summed E-state index contributed by atoms with van der Waals surface area (Å²) in [6.07, 6.45) is 4.10. The van der Waals surface area contributed by atoms with Gasteiger partial charge in [-0.1, -0.05) is 17.3 Å². The van der Waals surface area contributed by atoms with Gasteiger partial charge in [-0.05, 0) is 31.4 Å². The van der Waals surface area contributed by atoms with Crippen LogP contribution in [0, 0.1) is 0 Å². The summed E-state index contributed by atoms with van der Waals surface area (Å²) in [6, 6.07) is 7.02. The molecule has 1 aliphatic rings. The Kier molecular flexibility index (Phi) is 4.80. The number of hydrogen-bond acceptors (Lipinski definition) is 6. The Morgan fingerprint density at radius 3 is 2.85 bits per heavy atom. The minimum atomic E-state index is -0.513. The van der Waals surface area contributed by atoms with Crippen molar-refractivity contribution in [2.75, 3.05) is 0 Å². The number of nitrogens with two attached hydrogens (primary N) is 1. The standard InChI is InChI=1S/C17H17N5O3.ClH/c18-17(6-3-7-17)16-21-13(25-22-16)9-20-15(24)11-8-19-12-5-2-1-4-10(12)14(11)23;/h1-2,4-5,8H,3,6-7,9,18H2,(H,19,23)(H,20,24);1H. The van der Waals surface area contributed by atoms with Crippen molar-refractivity contribution in [1.82, 2.24) is 20.4 Å². The summed E-state index contributed by atoms with van der Waals surface area (Å²) in [4.78, 5) is 31.9. The molecule has 2 aromatic heterocycles. The smallest absolute Gasteiger partial charge is 0.257 e. The number of rotatable bonds is 4. The molecule has 0 spiro atoms. The van der Waals surface area contributed by atoms with Crippen LogP contribution >= 0.6 is 12.4 Å². The van der Waals surface area contributed by atoms with E-state index < -0.39 is 11.4 Å². The van der Waals surface area contributed by atoms with Gasteiger partial charge < -0.3 is 20.6 Å². The fraction of sp³-hybridized carbons (Fsp3) is 0.294. The number of fused-ring (bicyclic) bond motifs is 1. The molecule has 0 bridgehead atoms. The molecule has 1 saturated carbocycles. The number of hydrogen-bond donors (Lipinski definition) is 3. The van der Waals surface area contributed by atoms with E-state index in [0.29, 0.717) is 16.7 Å². The van der Waals surface area contributed by atoms with Crippen molar-refractivity contribution in [3.63, 3.8) is 0 Å². The molecule has 8 nitrogen and oxygen atoms in total. The molecule has 0 radical (unpaired) electrons. The molecule has 3 aromatic rings. The highest BCUT2D eigenvalue weighted by molar-refractivity contribution is 5.96. The van der Waals surface area contributed by atoms with Crippen LogP contribution in [0.25, 0.3) is 10.9 Å². The average Bonchev–Trinajstić information content (AvgIpc) is 3.07. The maximum Gasteiger partial charge on any atom is 0.257 e. The van der Waals surface area contributed by atoms with Crippen LogP contribution in [0.2, 0.25) is 0 Å². The van der Waals surface area contributed by atoms with Crippen LogP contribution in [0.15, 0.2) is 39.8 Å². The summed E-state index contributed by atoms with van der Waals surface area (Å²) in [5.41, 5.74) is 6.02. The number of pyridine rings is 1. The van der Waals surface area contributed by atoms with Crippen LogP contribution in [0.3, 0.4) is 0 Å². The Labute approximate surface area is 154 Å². The first-order chi connectivity index (χ1) is 12.1. The van der Waals surface area contributed by atoms with Crippen molar-refractivity contribution >= 4 is 29.2 Å². The van der Waals surface area contributed by atoms with Gasteiger partial charge in [-0.15, -0.1) is 12.4 Å². The maximum absolute atomic E-state index is 12.4. The van der Waals surface area contributed by atoms with Gasteiger partial charge in [-0.3, -0.25) is 9.59 Å². The van der Waals surface area contributed by atoms with Gasteiger partial charge in [0.25, 0.3) is 5.91 Å². The van der Waals surface area contributed by atoms with Gasteiger partial charge in [0.15, 0.2) is 5.82 Å². The Bertz CT molecular complexity index is 1010. The molecule has 0 unspecified atom stereocenters. The van der Waals surface area contributed by atoms with Crippen LogP contribution in [-0.4, -0.2) is 21.0 Å². The SMILES string of the molecule is Cl.NC1(c2noc(CNC(=O)c3c[nH]c4ccccc4c3=O)n2)CCC1. The Morgan fingerprint density at radius 1 is 1.35 bits per heavy atom. The lowest BCUT2D eigenvalue weighted by atomic mass is 9.77. The molecule has 26 heavy (non-hydrogen) atoms. The van der Waals surface area contributed by atoms with Crippen molar-refractivity contribution in [1.29, 1.82) is 0 Å². The van der Waals surface area contributed by atoms with Crippen molar-refractivity contribution in [2.24, 2.45) is 5.73 Å². The zero-order valence-electron chi connectivity index (χ0n) is 13.8. The molecule has 136 valence electrons. The molecule has 2 heterocycles. The molecule has 4 N–H and O–H groups in total. The van der Waals surface area contributed by atoms with Gasteiger partial charge >= 0.3 is 0 Å². The highest BCUT2D eigenvalue weighted by Gasteiger charge is 2.38. The quantitative estimate of drug-likeness (QED) is 0.635. The second-order valence-electron chi connectivity index (χ2n) is 6.28. The first kappa shape index (κ1) is 18.1. The molecule has 4 rings (SSSR count). The van der Waals surface area contributed by atoms with E-state index in [9.17, 15) is 9.59 Å². The van der Waals surface area contributed by atoms with Crippen molar-refractivity contribution in [2.45, 2.75) is 31.3 Å². The average molecular weight is 376 g/mol. The zero-order valence-corrected chi connectivity index (χ0v) is 14.6. The lowest BCUT2D eigenvalue weighted by molar-refractivity contribution is 0.0945. The van der Waals surface area contributed by atoms with Crippen LogP contribution in [-0.2, 0) is 12.1 Å². The van der Waals surface area contributed by atoms with E-state index in [1.165, 1.54) is 6.20 Å². The monoisotopic (exact) mass is 375 g/mol. The zero-order chi connectivity index (χ0) is 17.4. The minimum absolute atomic E-state index is 0. The molecule has 1 fully saturated rings. The summed E-state index contributed by atoms with van der Waals surface area (Å²) in [5.74, 6) is 0.224. The minimum Gasteiger partial charge on any atom is -0.360 e. The topological polar surface area (TPSA) is 127 Å². The molecule has 9 heteroatoms. The first-order valence-electron chi connectivity index (χ1n) is 8.07. The van der Waals surface area contributed by atoms with Crippen LogP contribution in [0.1, 0.15) is 41.3 Å². The fourth-order valence-corrected chi connectivity index (χ4v) is 2.90. The summed E-state index contributed by atoms with van der Waals surface area (Å²) >= 11 is 0. The third-order valence-electron chi connectivity index (χ3n) is 4.59. The van der Waals surface area contributed by atoms with Crippen molar-refractivity contribution < 1.29 is 9.32 Å². The second-order valence-corrected chi connectivity index (χ2v) is 6.28. The van der Waals surface area contributed by atoms with E-state index in [1.54, 1.807) is 18.2 Å². The predicted octanol–water partition coefficient (Wildman–Crippen LogP) is 1.60. The third kappa shape index (κ3) is 3.09. The summed E-state index contributed by atoms with van der Waals surface area (Å²) < 4.78 is 5.13. The van der Waals surface area contributed by atoms with Gasteiger partial charge in [-0.25, -0.2) is 0 Å². The first-order valence-corrected chi connectivity index (χ1v) is 8.07. The fourth-order valence-electron chi connectivity index (χ4n) is 2.90. The van der Waals surface area contributed by atoms with E-state index in [1.807, 2.05) is 6.07 Å². The number of aromatic amines is 1. The Morgan fingerprint density at radius 2 is 2.12 bits per heavy atom. The number of carbonyl (C=O) groups excluding carboxylic acids is 1. The van der Waals surface area contributed by atoms with E-state index in [0.717, 1.165) is 19.3 Å². The molecule has 0 saturated heterocycles. The number of H-pyrrole nitrogens is 1. The number of amides is 1. The summed E-state index contributed by atoms with van der Waals surface area (Å²) in [7, 11) is 0. The number of nitrogens with one attached hydrogen (secondary N) is 2. The number of nitrogens with zero attached hydrogens (tertiary/aromatic N) is 2. The number of carbonyl (C=O) groups is 1. The number of benzene rings is 1. The second kappa shape index (κ2) is 6.89. The van der Waals surface area contributed by atoms with Crippen LogP contribution in [0.4, 0.5) is 0 Å². The summed E-state index contributed by atoms with van der Waals surface area (Å²) in [6.45, 7) is 0.0359. The van der Waals surface area contributed by atoms with E-state index >= 15 is 0 Å². The predicted molar refractivity (Wildman–Crippen MR) is 97.0 cm³/mol. The van der Waals surface area contributed by atoms with Gasteiger partial charge in [0.1, 0.15) is 5.56 Å². The highest BCUT2D eigenvalue weighted by atomic mass is 35.5. The van der Waals surface area contributed by atoms with Gasteiger partial charge in [-0.2, -0.15) is 4.98 Å². The largest absolute Gasteiger partial charge is 0.360 e. The number of aromatic nitrogens is 3. The number of para-hydroxylation sites is 1. The van der Waals surface area contributed by atoms with E-state index in [2.05, 4.69) is 20.4 Å². The Hall–Kier alpha value is -2.71. The number of halogens is 1. The van der Waals surface area contributed by atoms with Crippen molar-refractivity contribution in [3.05, 3.63) is 58.0 Å². The lowest BCUT2D eigenvalue weighted by Gasteiger charge is -2.34. The van der Waals surface area contributed by atoms with E-state index in [-0.39, 0.29) is 35.8 Å². The van der Waals surface area contributed by atoms with Gasteiger partial charge in [0.05, 0.1) is 12.1 Å². The maximum atomic E-state index is 12.4. The molecule has 1 amide bonds. The normalized spacial score (nSPS) is 15.1. The van der Waals surface area contributed by atoms with Crippen LogP contribution < -0.4 is 16.5 Å². The molecule has 0 atom stereocenters. The van der Waals surface area contributed by atoms with Crippen molar-refractivity contribution in [3.8, 4) is 0 Å².